The minimum atomic E-state index is -3.84. The van der Waals surface area contributed by atoms with Crippen molar-refractivity contribution in [3.05, 3.63) is 35.7 Å². The van der Waals surface area contributed by atoms with Gasteiger partial charge in [0.2, 0.25) is 10.0 Å². The average Bonchev–Trinajstić information content (AvgIpc) is 2.48. The highest BCUT2D eigenvalue weighted by molar-refractivity contribution is 7.89. The molecule has 1 atom stereocenters. The van der Waals surface area contributed by atoms with Crippen LogP contribution < -0.4 is 9.46 Å². The van der Waals surface area contributed by atoms with Crippen molar-refractivity contribution in [1.82, 2.24) is 4.72 Å². The lowest BCUT2D eigenvalue weighted by Gasteiger charge is -2.21. The second kappa shape index (κ2) is 7.10. The maximum Gasteiger partial charge on any atom is 0.341 e. The lowest BCUT2D eigenvalue weighted by molar-refractivity contribution is -0.139. The van der Waals surface area contributed by atoms with Gasteiger partial charge in [0.15, 0.2) is 18.2 Å². The Morgan fingerprint density at radius 2 is 2.22 bits per heavy atom. The van der Waals surface area contributed by atoms with E-state index in [1.165, 1.54) is 11.6 Å². The number of nitrogens with one attached hydrogen (secondary N) is 1. The number of rotatable bonds is 6. The molecule has 0 aromatic heterocycles. The van der Waals surface area contributed by atoms with Gasteiger partial charge in [0.25, 0.3) is 0 Å². The highest BCUT2D eigenvalue weighted by Crippen LogP contribution is 2.23. The van der Waals surface area contributed by atoms with E-state index in [9.17, 15) is 17.6 Å². The molecule has 0 spiro atoms. The van der Waals surface area contributed by atoms with Crippen molar-refractivity contribution in [2.24, 2.45) is 0 Å². The Hall–Kier alpha value is -1.93. The standard InChI is InChI=1S/C15H18FNO5S/c1-10-2-4-11(5-3-10)17-23(20,21)12-6-7-14(13(16)8-12)22-9-15(18)19/h2,6-8,11,17H,3-5,9H2,1H3,(H,18,19)/t11-/m0/s1. The van der Waals surface area contributed by atoms with E-state index >= 15 is 0 Å². The second-order valence-electron chi connectivity index (χ2n) is 5.42. The summed E-state index contributed by atoms with van der Waals surface area (Å²) >= 11 is 0. The van der Waals surface area contributed by atoms with E-state index in [1.807, 2.05) is 13.0 Å². The van der Waals surface area contributed by atoms with Crippen molar-refractivity contribution in [3.63, 3.8) is 0 Å². The molecule has 0 amide bonds. The molecule has 126 valence electrons. The highest BCUT2D eigenvalue weighted by Gasteiger charge is 2.22. The van der Waals surface area contributed by atoms with Crippen molar-refractivity contribution in [2.75, 3.05) is 6.61 Å². The molecule has 0 fully saturated rings. The van der Waals surface area contributed by atoms with Crippen LogP contribution in [0, 0.1) is 5.82 Å². The summed E-state index contributed by atoms with van der Waals surface area (Å²) < 4.78 is 45.7. The number of carboxylic acids is 1. The van der Waals surface area contributed by atoms with Crippen LogP contribution in [0.4, 0.5) is 4.39 Å². The van der Waals surface area contributed by atoms with Crippen LogP contribution in [0.2, 0.25) is 0 Å². The molecule has 23 heavy (non-hydrogen) atoms. The summed E-state index contributed by atoms with van der Waals surface area (Å²) in [6.45, 7) is 1.30. The van der Waals surface area contributed by atoms with Gasteiger partial charge in [0, 0.05) is 6.04 Å². The monoisotopic (exact) mass is 343 g/mol. The number of carbonyl (C=O) groups is 1. The van der Waals surface area contributed by atoms with E-state index < -0.39 is 28.4 Å². The molecule has 2 N–H and O–H groups in total. The fourth-order valence-electron chi connectivity index (χ4n) is 2.27. The quantitative estimate of drug-likeness (QED) is 0.771. The molecule has 0 bridgehead atoms. The SMILES string of the molecule is CC1=CC[C@H](NS(=O)(=O)c2ccc(OCC(=O)O)c(F)c2)CC1. The first-order valence-corrected chi connectivity index (χ1v) is 8.58. The van der Waals surface area contributed by atoms with E-state index in [0.29, 0.717) is 12.8 Å². The molecule has 0 heterocycles. The van der Waals surface area contributed by atoms with Crippen LogP contribution in [-0.4, -0.2) is 32.1 Å². The van der Waals surface area contributed by atoms with Crippen LogP contribution in [0.25, 0.3) is 0 Å². The first-order chi connectivity index (χ1) is 10.8. The van der Waals surface area contributed by atoms with E-state index in [0.717, 1.165) is 18.6 Å². The van der Waals surface area contributed by atoms with Gasteiger partial charge in [-0.3, -0.25) is 0 Å². The summed E-state index contributed by atoms with van der Waals surface area (Å²) in [6, 6.07) is 2.91. The Bertz CT molecular complexity index is 729. The predicted octanol–water partition coefficient (Wildman–Crippen LogP) is 2.07. The normalized spacial score (nSPS) is 18.3. The number of aliphatic carboxylic acids is 1. The van der Waals surface area contributed by atoms with Crippen molar-refractivity contribution < 1.29 is 27.4 Å². The average molecular weight is 343 g/mol. The Balaban J connectivity index is 2.10. The number of benzene rings is 1. The summed E-state index contributed by atoms with van der Waals surface area (Å²) in [5, 5.41) is 8.49. The molecule has 2 rings (SSSR count). The highest BCUT2D eigenvalue weighted by atomic mass is 32.2. The summed E-state index contributed by atoms with van der Waals surface area (Å²) in [7, 11) is -3.84. The van der Waals surface area contributed by atoms with Crippen LogP contribution in [0.1, 0.15) is 26.2 Å². The largest absolute Gasteiger partial charge is 0.479 e. The lowest BCUT2D eigenvalue weighted by Crippen LogP contribution is -2.35. The number of hydrogen-bond donors (Lipinski definition) is 2. The van der Waals surface area contributed by atoms with Crippen LogP contribution in [0.5, 0.6) is 5.75 Å². The summed E-state index contributed by atoms with van der Waals surface area (Å²) in [6.07, 6.45) is 4.11. The maximum atomic E-state index is 13.8. The van der Waals surface area contributed by atoms with E-state index in [-0.39, 0.29) is 16.7 Å². The summed E-state index contributed by atoms with van der Waals surface area (Å²) in [5.41, 5.74) is 1.23. The molecule has 0 unspecified atom stereocenters. The van der Waals surface area contributed by atoms with Crippen molar-refractivity contribution in [2.45, 2.75) is 37.1 Å². The summed E-state index contributed by atoms with van der Waals surface area (Å²) in [5.74, 6) is -2.47. The van der Waals surface area contributed by atoms with Crippen LogP contribution in [0.15, 0.2) is 34.7 Å². The Morgan fingerprint density at radius 1 is 1.48 bits per heavy atom. The third-order valence-corrected chi connectivity index (χ3v) is 5.04. The van der Waals surface area contributed by atoms with Crippen LogP contribution in [-0.2, 0) is 14.8 Å². The topological polar surface area (TPSA) is 92.7 Å². The Labute approximate surface area is 134 Å². The number of carboxylic acid groups (broad SMARTS) is 1. The Kier molecular flexibility index (Phi) is 5.38. The van der Waals surface area contributed by atoms with Gasteiger partial charge >= 0.3 is 5.97 Å². The lowest BCUT2D eigenvalue weighted by atomic mass is 9.97. The number of ether oxygens (including phenoxy) is 1. The molecule has 6 nitrogen and oxygen atoms in total. The van der Waals surface area contributed by atoms with Gasteiger partial charge in [-0.05, 0) is 44.4 Å². The van der Waals surface area contributed by atoms with Crippen LogP contribution in [0.3, 0.4) is 0 Å². The van der Waals surface area contributed by atoms with Gasteiger partial charge in [-0.15, -0.1) is 0 Å². The number of allylic oxidation sites excluding steroid dienone is 1. The van der Waals surface area contributed by atoms with Gasteiger partial charge in [-0.1, -0.05) is 11.6 Å². The number of sulfonamides is 1. The molecule has 0 saturated carbocycles. The van der Waals surface area contributed by atoms with E-state index in [1.54, 1.807) is 0 Å². The Morgan fingerprint density at radius 3 is 2.78 bits per heavy atom. The fourth-order valence-corrected chi connectivity index (χ4v) is 3.56. The van der Waals surface area contributed by atoms with Gasteiger partial charge in [-0.2, -0.15) is 0 Å². The molecule has 1 aromatic rings. The minimum absolute atomic E-state index is 0.213. The molecule has 0 radical (unpaired) electrons. The first-order valence-electron chi connectivity index (χ1n) is 7.10. The first kappa shape index (κ1) is 17.4. The predicted molar refractivity (Wildman–Crippen MR) is 81.2 cm³/mol. The van der Waals surface area contributed by atoms with Crippen molar-refractivity contribution >= 4 is 16.0 Å². The third-order valence-electron chi connectivity index (χ3n) is 3.52. The third kappa shape index (κ3) is 4.77. The maximum absolute atomic E-state index is 13.8. The number of halogens is 1. The molecular weight excluding hydrogens is 325 g/mol. The molecular formula is C15H18FNO5S. The molecule has 0 aliphatic heterocycles. The zero-order valence-corrected chi connectivity index (χ0v) is 13.4. The molecule has 1 aliphatic carbocycles. The minimum Gasteiger partial charge on any atom is -0.479 e. The second-order valence-corrected chi connectivity index (χ2v) is 7.13. The van der Waals surface area contributed by atoms with Crippen molar-refractivity contribution in [1.29, 1.82) is 0 Å². The molecule has 8 heteroatoms. The molecule has 1 aliphatic rings. The van der Waals surface area contributed by atoms with Gasteiger partial charge in [-0.25, -0.2) is 22.3 Å². The van der Waals surface area contributed by atoms with E-state index in [4.69, 9.17) is 9.84 Å². The van der Waals surface area contributed by atoms with Gasteiger partial charge in [0.1, 0.15) is 0 Å². The zero-order chi connectivity index (χ0) is 17.0. The zero-order valence-electron chi connectivity index (χ0n) is 12.6. The van der Waals surface area contributed by atoms with E-state index in [2.05, 4.69) is 4.72 Å². The smallest absolute Gasteiger partial charge is 0.341 e. The molecule has 1 aromatic carbocycles. The van der Waals surface area contributed by atoms with Crippen LogP contribution >= 0.6 is 0 Å². The summed E-state index contributed by atoms with van der Waals surface area (Å²) in [4.78, 5) is 10.2. The fraction of sp³-hybridized carbons (Fsp3) is 0.400. The van der Waals surface area contributed by atoms with Crippen molar-refractivity contribution in [3.8, 4) is 5.75 Å². The number of hydrogen-bond acceptors (Lipinski definition) is 4. The van der Waals surface area contributed by atoms with Gasteiger partial charge < -0.3 is 9.84 Å². The van der Waals surface area contributed by atoms with Gasteiger partial charge in [0.05, 0.1) is 4.90 Å². The molecule has 0 saturated heterocycles.